The number of benzene rings is 1. The van der Waals surface area contributed by atoms with Crippen LogP contribution in [0.25, 0.3) is 0 Å². The minimum absolute atomic E-state index is 0.624. The molecule has 0 amide bonds. The van der Waals surface area contributed by atoms with Gasteiger partial charge in [0, 0.05) is 16.8 Å². The van der Waals surface area contributed by atoms with Crippen molar-refractivity contribution < 1.29 is 0 Å². The van der Waals surface area contributed by atoms with E-state index in [0.29, 0.717) is 5.13 Å². The Morgan fingerprint density at radius 2 is 2.31 bits per heavy atom. The molecule has 2 aromatic rings. The zero-order valence-corrected chi connectivity index (χ0v) is 10.1. The molecule has 84 valence electrons. The topological polar surface area (TPSA) is 50.9 Å². The maximum Gasteiger partial charge on any atom is 0.180 e. The summed E-state index contributed by atoms with van der Waals surface area (Å²) in [5.41, 5.74) is 8.06. The van der Waals surface area contributed by atoms with Gasteiger partial charge in [-0.3, -0.25) is 0 Å². The third-order valence-corrected chi connectivity index (χ3v) is 3.20. The van der Waals surface area contributed by atoms with Crippen LogP contribution in [0.15, 0.2) is 30.5 Å². The molecule has 1 aromatic carbocycles. The zero-order valence-electron chi connectivity index (χ0n) is 9.23. The summed E-state index contributed by atoms with van der Waals surface area (Å²) in [6, 6.07) is 8.45. The van der Waals surface area contributed by atoms with E-state index in [-0.39, 0.29) is 0 Å². The van der Waals surface area contributed by atoms with Gasteiger partial charge in [-0.25, -0.2) is 4.98 Å². The normalized spacial score (nSPS) is 10.3. The summed E-state index contributed by atoms with van der Waals surface area (Å²) < 4.78 is 0. The summed E-state index contributed by atoms with van der Waals surface area (Å²) in [5.74, 6) is 0. The highest BCUT2D eigenvalue weighted by atomic mass is 32.1. The van der Waals surface area contributed by atoms with Gasteiger partial charge in [-0.05, 0) is 24.1 Å². The highest BCUT2D eigenvalue weighted by Crippen LogP contribution is 2.17. The van der Waals surface area contributed by atoms with Crippen molar-refractivity contribution in [2.24, 2.45) is 0 Å². The number of nitrogens with one attached hydrogen (secondary N) is 1. The Morgan fingerprint density at radius 3 is 3.00 bits per heavy atom. The van der Waals surface area contributed by atoms with E-state index in [4.69, 9.17) is 5.73 Å². The van der Waals surface area contributed by atoms with Crippen molar-refractivity contribution in [2.75, 3.05) is 11.1 Å². The van der Waals surface area contributed by atoms with Gasteiger partial charge in [0.2, 0.25) is 0 Å². The molecule has 4 heteroatoms. The number of aryl methyl sites for hydroxylation is 1. The molecule has 0 saturated heterocycles. The molecule has 0 aliphatic carbocycles. The van der Waals surface area contributed by atoms with Gasteiger partial charge in [0.05, 0.1) is 6.54 Å². The molecule has 16 heavy (non-hydrogen) atoms. The molecule has 0 aliphatic rings. The molecule has 0 unspecified atom stereocenters. The SMILES string of the molecule is CCc1cccc(NCc2cnc(N)s2)c1. The number of hydrogen-bond acceptors (Lipinski definition) is 4. The quantitative estimate of drug-likeness (QED) is 0.853. The summed E-state index contributed by atoms with van der Waals surface area (Å²) in [4.78, 5) is 5.17. The molecular formula is C12H15N3S. The number of rotatable bonds is 4. The van der Waals surface area contributed by atoms with Crippen molar-refractivity contribution >= 4 is 22.2 Å². The van der Waals surface area contributed by atoms with Crippen LogP contribution < -0.4 is 11.1 Å². The molecule has 0 radical (unpaired) electrons. The Bertz CT molecular complexity index is 465. The van der Waals surface area contributed by atoms with E-state index < -0.39 is 0 Å². The van der Waals surface area contributed by atoms with Crippen LogP contribution in [0.3, 0.4) is 0 Å². The van der Waals surface area contributed by atoms with E-state index in [9.17, 15) is 0 Å². The minimum Gasteiger partial charge on any atom is -0.380 e. The molecule has 0 aliphatic heterocycles. The fourth-order valence-electron chi connectivity index (χ4n) is 1.49. The molecule has 0 fully saturated rings. The monoisotopic (exact) mass is 233 g/mol. The van der Waals surface area contributed by atoms with Crippen LogP contribution >= 0.6 is 11.3 Å². The molecule has 0 atom stereocenters. The number of hydrogen-bond donors (Lipinski definition) is 2. The van der Waals surface area contributed by atoms with Crippen molar-refractivity contribution in [1.82, 2.24) is 4.98 Å². The van der Waals surface area contributed by atoms with Gasteiger partial charge < -0.3 is 11.1 Å². The van der Waals surface area contributed by atoms with Crippen LogP contribution in [0, 0.1) is 0 Å². The summed E-state index contributed by atoms with van der Waals surface area (Å²) >= 11 is 1.52. The van der Waals surface area contributed by atoms with Crippen LogP contribution in [0.2, 0.25) is 0 Å². The first-order chi connectivity index (χ1) is 7.78. The van der Waals surface area contributed by atoms with E-state index in [2.05, 4.69) is 41.5 Å². The number of nitrogen functional groups attached to an aromatic ring is 1. The number of nitrogens with zero attached hydrogens (tertiary/aromatic N) is 1. The Kier molecular flexibility index (Phi) is 3.41. The van der Waals surface area contributed by atoms with Gasteiger partial charge in [0.1, 0.15) is 0 Å². The summed E-state index contributed by atoms with van der Waals surface area (Å²) in [6.07, 6.45) is 2.87. The Hall–Kier alpha value is -1.55. The van der Waals surface area contributed by atoms with E-state index in [1.165, 1.54) is 16.9 Å². The Morgan fingerprint density at radius 1 is 1.44 bits per heavy atom. The van der Waals surface area contributed by atoms with Gasteiger partial charge in [-0.2, -0.15) is 0 Å². The standard InChI is InChI=1S/C12H15N3S/c1-2-9-4-3-5-10(6-9)14-7-11-8-15-12(13)16-11/h3-6,8,14H,2,7H2,1H3,(H2,13,15). The van der Waals surface area contributed by atoms with E-state index in [0.717, 1.165) is 23.5 Å². The van der Waals surface area contributed by atoms with Gasteiger partial charge in [0.25, 0.3) is 0 Å². The van der Waals surface area contributed by atoms with Gasteiger partial charge in [-0.1, -0.05) is 19.1 Å². The van der Waals surface area contributed by atoms with Crippen LogP contribution in [0.1, 0.15) is 17.4 Å². The Labute approximate surface area is 99.3 Å². The van der Waals surface area contributed by atoms with E-state index in [1.807, 2.05) is 6.20 Å². The van der Waals surface area contributed by atoms with Crippen LogP contribution in [0.4, 0.5) is 10.8 Å². The first kappa shape index (κ1) is 11.0. The lowest BCUT2D eigenvalue weighted by Gasteiger charge is -2.05. The van der Waals surface area contributed by atoms with Crippen molar-refractivity contribution in [3.05, 3.63) is 40.9 Å². The van der Waals surface area contributed by atoms with Crippen molar-refractivity contribution in [3.63, 3.8) is 0 Å². The maximum absolute atomic E-state index is 5.57. The number of thiazole rings is 1. The number of anilines is 2. The first-order valence-electron chi connectivity index (χ1n) is 5.31. The predicted octanol–water partition coefficient (Wildman–Crippen LogP) is 2.90. The summed E-state index contributed by atoms with van der Waals surface area (Å²) in [6.45, 7) is 2.94. The van der Waals surface area contributed by atoms with Crippen molar-refractivity contribution in [3.8, 4) is 0 Å². The smallest absolute Gasteiger partial charge is 0.180 e. The van der Waals surface area contributed by atoms with Crippen LogP contribution in [-0.2, 0) is 13.0 Å². The number of nitrogens with two attached hydrogens (primary N) is 1. The number of aromatic nitrogens is 1. The lowest BCUT2D eigenvalue weighted by molar-refractivity contribution is 1.12. The molecule has 0 spiro atoms. The van der Waals surface area contributed by atoms with Crippen LogP contribution in [0.5, 0.6) is 0 Å². The average molecular weight is 233 g/mol. The van der Waals surface area contributed by atoms with Gasteiger partial charge in [-0.15, -0.1) is 11.3 Å². The first-order valence-corrected chi connectivity index (χ1v) is 6.12. The van der Waals surface area contributed by atoms with E-state index >= 15 is 0 Å². The largest absolute Gasteiger partial charge is 0.380 e. The highest BCUT2D eigenvalue weighted by molar-refractivity contribution is 7.15. The minimum atomic E-state index is 0.624. The molecule has 1 aromatic heterocycles. The third-order valence-electron chi connectivity index (χ3n) is 2.37. The average Bonchev–Trinajstić information content (AvgIpc) is 2.73. The molecule has 1 heterocycles. The van der Waals surface area contributed by atoms with Crippen molar-refractivity contribution in [1.29, 1.82) is 0 Å². The summed E-state index contributed by atoms with van der Waals surface area (Å²) in [7, 11) is 0. The second kappa shape index (κ2) is 4.99. The van der Waals surface area contributed by atoms with Gasteiger partial charge in [0.15, 0.2) is 5.13 Å². The third kappa shape index (κ3) is 2.73. The molecular weight excluding hydrogens is 218 g/mol. The molecule has 0 bridgehead atoms. The second-order valence-electron chi connectivity index (χ2n) is 3.57. The fourth-order valence-corrected chi connectivity index (χ4v) is 2.12. The summed E-state index contributed by atoms with van der Waals surface area (Å²) in [5, 5.41) is 3.99. The second-order valence-corrected chi connectivity index (χ2v) is 4.72. The van der Waals surface area contributed by atoms with Gasteiger partial charge >= 0.3 is 0 Å². The molecule has 3 N–H and O–H groups in total. The molecule has 2 rings (SSSR count). The lowest BCUT2D eigenvalue weighted by Crippen LogP contribution is -1.97. The lowest BCUT2D eigenvalue weighted by atomic mass is 10.1. The maximum atomic E-state index is 5.57. The zero-order chi connectivity index (χ0) is 11.4. The fraction of sp³-hybridized carbons (Fsp3) is 0.250. The van der Waals surface area contributed by atoms with Crippen molar-refractivity contribution in [2.45, 2.75) is 19.9 Å². The highest BCUT2D eigenvalue weighted by Gasteiger charge is 1.99. The van der Waals surface area contributed by atoms with Crippen LogP contribution in [-0.4, -0.2) is 4.98 Å². The predicted molar refractivity (Wildman–Crippen MR) is 69.7 cm³/mol. The molecule has 0 saturated carbocycles. The van der Waals surface area contributed by atoms with E-state index in [1.54, 1.807) is 0 Å². The molecule has 3 nitrogen and oxygen atoms in total. The Balaban J connectivity index is 1.99.